The maximum Gasteiger partial charge on any atom is 0.257 e. The van der Waals surface area contributed by atoms with Crippen LogP contribution in [0.2, 0.25) is 0 Å². The van der Waals surface area contributed by atoms with Gasteiger partial charge in [0.25, 0.3) is 5.91 Å². The Bertz CT molecular complexity index is 1340. The molecule has 1 N–H and O–H groups in total. The zero-order valence-electron chi connectivity index (χ0n) is 22.1. The Morgan fingerprint density at radius 3 is 2.64 bits per heavy atom. The van der Waals surface area contributed by atoms with Gasteiger partial charge in [0.15, 0.2) is 5.13 Å². The fourth-order valence-electron chi connectivity index (χ4n) is 5.81. The van der Waals surface area contributed by atoms with E-state index in [1.54, 1.807) is 11.3 Å². The highest BCUT2D eigenvalue weighted by Gasteiger charge is 2.28. The number of morpholine rings is 1. The lowest BCUT2D eigenvalue weighted by Crippen LogP contribution is -2.45. The minimum Gasteiger partial charge on any atom is -0.379 e. The van der Waals surface area contributed by atoms with Crippen LogP contribution < -0.4 is 10.2 Å². The Balaban J connectivity index is 1.03. The topological polar surface area (TPSA) is 84.7 Å². The van der Waals surface area contributed by atoms with Gasteiger partial charge in [-0.05, 0) is 61.2 Å². The average Bonchev–Trinajstić information content (AvgIpc) is 3.40. The molecule has 1 aliphatic carbocycles. The molecule has 0 saturated carbocycles. The molecule has 3 aliphatic rings. The Morgan fingerprint density at radius 2 is 1.87 bits per heavy atom. The molecule has 1 amide bonds. The summed E-state index contributed by atoms with van der Waals surface area (Å²) in [5.74, 6) is -0.0988. The molecule has 0 radical (unpaired) electrons. The Morgan fingerprint density at radius 1 is 1.08 bits per heavy atom. The minimum absolute atomic E-state index is 0.0988. The fraction of sp³-hybridized carbons (Fsp3) is 0.433. The molecule has 0 bridgehead atoms. The van der Waals surface area contributed by atoms with Gasteiger partial charge in [-0.3, -0.25) is 19.9 Å². The maximum atomic E-state index is 13.1. The first-order valence-corrected chi connectivity index (χ1v) is 14.6. The summed E-state index contributed by atoms with van der Waals surface area (Å²) in [6.07, 6.45) is 3.10. The SMILES string of the molecule is N#Cc1ccc(N2CCN(Cc3cccc(C(=O)Nc4nc5c(s4)CC(N4CCOCC4)CC5)c3)CC2)cc1. The molecular weight excluding hydrogens is 508 g/mol. The van der Waals surface area contributed by atoms with E-state index in [1.165, 1.54) is 4.88 Å². The van der Waals surface area contributed by atoms with Crippen molar-refractivity contribution in [3.63, 3.8) is 0 Å². The van der Waals surface area contributed by atoms with E-state index in [-0.39, 0.29) is 5.91 Å². The van der Waals surface area contributed by atoms with Crippen molar-refractivity contribution >= 4 is 28.1 Å². The van der Waals surface area contributed by atoms with Crippen LogP contribution in [0.5, 0.6) is 0 Å². The Hall–Kier alpha value is -3.29. The third-order valence-electron chi connectivity index (χ3n) is 8.03. The number of carbonyl (C=O) groups excluding carboxylic acids is 1. The van der Waals surface area contributed by atoms with Crippen LogP contribution in [0.25, 0.3) is 0 Å². The van der Waals surface area contributed by atoms with Crippen molar-refractivity contribution in [2.45, 2.75) is 31.8 Å². The van der Waals surface area contributed by atoms with Crippen molar-refractivity contribution in [1.82, 2.24) is 14.8 Å². The fourth-order valence-corrected chi connectivity index (χ4v) is 6.89. The lowest BCUT2D eigenvalue weighted by molar-refractivity contribution is 0.0139. The van der Waals surface area contributed by atoms with Crippen LogP contribution in [-0.2, 0) is 24.1 Å². The molecule has 2 aliphatic heterocycles. The van der Waals surface area contributed by atoms with E-state index in [4.69, 9.17) is 15.0 Å². The largest absolute Gasteiger partial charge is 0.379 e. The van der Waals surface area contributed by atoms with E-state index in [1.807, 2.05) is 42.5 Å². The average molecular weight is 543 g/mol. The number of thiazole rings is 1. The first-order chi connectivity index (χ1) is 19.1. The highest BCUT2D eigenvalue weighted by Crippen LogP contribution is 2.32. The normalized spacial score (nSPS) is 20.3. The number of hydrogen-bond donors (Lipinski definition) is 1. The summed E-state index contributed by atoms with van der Waals surface area (Å²) in [6, 6.07) is 18.5. The van der Waals surface area contributed by atoms with Crippen molar-refractivity contribution < 1.29 is 9.53 Å². The molecule has 9 heteroatoms. The van der Waals surface area contributed by atoms with Crippen LogP contribution in [0.4, 0.5) is 10.8 Å². The summed E-state index contributed by atoms with van der Waals surface area (Å²) in [4.78, 5) is 26.5. The molecule has 3 heterocycles. The first-order valence-electron chi connectivity index (χ1n) is 13.8. The molecule has 2 fully saturated rings. The van der Waals surface area contributed by atoms with Crippen molar-refractivity contribution in [1.29, 1.82) is 5.26 Å². The summed E-state index contributed by atoms with van der Waals surface area (Å²) in [7, 11) is 0. The van der Waals surface area contributed by atoms with Gasteiger partial charge in [0.2, 0.25) is 0 Å². The molecule has 1 aromatic heterocycles. The van der Waals surface area contributed by atoms with Gasteiger partial charge in [0.1, 0.15) is 0 Å². The van der Waals surface area contributed by atoms with E-state index in [0.717, 1.165) is 95.2 Å². The van der Waals surface area contributed by atoms with Crippen LogP contribution in [0, 0.1) is 11.3 Å². The van der Waals surface area contributed by atoms with Gasteiger partial charge in [0, 0.05) is 68.0 Å². The number of nitriles is 1. The van der Waals surface area contributed by atoms with Crippen molar-refractivity contribution in [2.24, 2.45) is 0 Å². The van der Waals surface area contributed by atoms with Crippen molar-refractivity contribution in [2.75, 3.05) is 62.7 Å². The predicted molar refractivity (Wildman–Crippen MR) is 153 cm³/mol. The van der Waals surface area contributed by atoms with Crippen molar-refractivity contribution in [3.05, 3.63) is 75.8 Å². The van der Waals surface area contributed by atoms with Crippen LogP contribution in [0.3, 0.4) is 0 Å². The third-order valence-corrected chi connectivity index (χ3v) is 9.06. The quantitative estimate of drug-likeness (QED) is 0.508. The summed E-state index contributed by atoms with van der Waals surface area (Å²) in [5.41, 5.74) is 4.80. The number of aryl methyl sites for hydroxylation is 1. The number of anilines is 2. The number of aromatic nitrogens is 1. The number of piperazine rings is 1. The van der Waals surface area contributed by atoms with Crippen LogP contribution in [-0.4, -0.2) is 79.2 Å². The number of benzene rings is 2. The highest BCUT2D eigenvalue weighted by molar-refractivity contribution is 7.15. The van der Waals surface area contributed by atoms with Crippen LogP contribution >= 0.6 is 11.3 Å². The molecule has 1 unspecified atom stereocenters. The Labute approximate surface area is 233 Å². The second-order valence-corrected chi connectivity index (χ2v) is 11.6. The molecular formula is C30H34N6O2S. The van der Waals surface area contributed by atoms with Crippen LogP contribution in [0.15, 0.2) is 48.5 Å². The molecule has 6 rings (SSSR count). The van der Waals surface area contributed by atoms with E-state index in [9.17, 15) is 4.79 Å². The van der Waals surface area contributed by atoms with Gasteiger partial charge in [-0.15, -0.1) is 11.3 Å². The smallest absolute Gasteiger partial charge is 0.257 e. The van der Waals surface area contributed by atoms with E-state index >= 15 is 0 Å². The lowest BCUT2D eigenvalue weighted by atomic mass is 9.96. The molecule has 3 aromatic rings. The molecule has 39 heavy (non-hydrogen) atoms. The van der Waals surface area contributed by atoms with Gasteiger partial charge in [-0.1, -0.05) is 12.1 Å². The van der Waals surface area contributed by atoms with Gasteiger partial charge in [-0.2, -0.15) is 5.26 Å². The summed E-state index contributed by atoms with van der Waals surface area (Å²) in [6.45, 7) is 8.25. The molecule has 0 spiro atoms. The zero-order chi connectivity index (χ0) is 26.6. The van der Waals surface area contributed by atoms with E-state index in [0.29, 0.717) is 22.3 Å². The highest BCUT2D eigenvalue weighted by atomic mass is 32.1. The van der Waals surface area contributed by atoms with Gasteiger partial charge in [0.05, 0.1) is 30.5 Å². The summed E-state index contributed by atoms with van der Waals surface area (Å²) in [5, 5.41) is 12.8. The minimum atomic E-state index is -0.0988. The predicted octanol–water partition coefficient (Wildman–Crippen LogP) is 3.78. The number of nitrogens with zero attached hydrogens (tertiary/aromatic N) is 5. The molecule has 2 aromatic carbocycles. The number of carbonyl (C=O) groups is 1. The second-order valence-electron chi connectivity index (χ2n) is 10.5. The third kappa shape index (κ3) is 6.15. The van der Waals surface area contributed by atoms with E-state index < -0.39 is 0 Å². The zero-order valence-corrected chi connectivity index (χ0v) is 23.0. The molecule has 202 valence electrons. The number of hydrogen-bond acceptors (Lipinski definition) is 8. The van der Waals surface area contributed by atoms with Gasteiger partial charge >= 0.3 is 0 Å². The number of rotatable bonds is 6. The molecule has 2 saturated heterocycles. The number of nitrogens with one attached hydrogen (secondary N) is 1. The van der Waals surface area contributed by atoms with E-state index in [2.05, 4.69) is 32.2 Å². The number of amides is 1. The van der Waals surface area contributed by atoms with Gasteiger partial charge in [-0.25, -0.2) is 4.98 Å². The second kappa shape index (κ2) is 11.8. The van der Waals surface area contributed by atoms with Crippen molar-refractivity contribution in [3.8, 4) is 6.07 Å². The van der Waals surface area contributed by atoms with Gasteiger partial charge < -0.3 is 9.64 Å². The maximum absolute atomic E-state index is 13.1. The Kier molecular flexibility index (Phi) is 7.88. The first kappa shape index (κ1) is 26.0. The number of ether oxygens (including phenoxy) is 1. The summed E-state index contributed by atoms with van der Waals surface area (Å²) >= 11 is 1.63. The standard InChI is InChI=1S/C30H34N6O2S/c31-20-22-4-6-25(7-5-22)35-12-10-34(11-13-35)21-23-2-1-3-24(18-23)29(37)33-30-32-27-9-8-26(19-28(27)39-30)36-14-16-38-17-15-36/h1-7,18,26H,8-17,19,21H2,(H,32,33,37). The monoisotopic (exact) mass is 542 g/mol. The molecule has 1 atom stereocenters. The number of fused-ring (bicyclic) bond motifs is 1. The molecule has 8 nitrogen and oxygen atoms in total. The van der Waals surface area contributed by atoms with Crippen LogP contribution in [0.1, 0.15) is 38.5 Å². The summed E-state index contributed by atoms with van der Waals surface area (Å²) < 4.78 is 5.52. The lowest BCUT2D eigenvalue weighted by Gasteiger charge is -2.36.